The zero-order valence-electron chi connectivity index (χ0n) is 10.3. The number of ketones is 1. The number of rotatable bonds is 2. The highest BCUT2D eigenvalue weighted by Crippen LogP contribution is 2.23. The highest BCUT2D eigenvalue weighted by atomic mass is 35.5. The Balaban J connectivity index is 2.20. The average molecular weight is 286 g/mol. The molecule has 0 spiro atoms. The van der Waals surface area contributed by atoms with Gasteiger partial charge < -0.3 is 0 Å². The van der Waals surface area contributed by atoms with Crippen LogP contribution in [0.5, 0.6) is 0 Å². The minimum atomic E-state index is -0.578. The van der Waals surface area contributed by atoms with E-state index in [-0.39, 0.29) is 11.3 Å². The van der Waals surface area contributed by atoms with E-state index in [1.807, 2.05) is 6.07 Å². The number of pyridine rings is 1. The second-order valence-electron chi connectivity index (χ2n) is 4.36. The van der Waals surface area contributed by atoms with Crippen molar-refractivity contribution in [3.63, 3.8) is 0 Å². The Morgan fingerprint density at radius 1 is 1.10 bits per heavy atom. The van der Waals surface area contributed by atoms with E-state index >= 15 is 0 Å². The molecule has 98 valence electrons. The first-order chi connectivity index (χ1) is 9.66. The maximum absolute atomic E-state index is 13.8. The van der Waals surface area contributed by atoms with Gasteiger partial charge in [0, 0.05) is 28.4 Å². The molecule has 0 bridgehead atoms. The van der Waals surface area contributed by atoms with Crippen LogP contribution in [0, 0.1) is 5.82 Å². The predicted molar refractivity (Wildman–Crippen MR) is 76.6 cm³/mol. The van der Waals surface area contributed by atoms with Crippen molar-refractivity contribution >= 4 is 28.2 Å². The molecule has 1 heterocycles. The topological polar surface area (TPSA) is 30.0 Å². The molecular weight excluding hydrogens is 277 g/mol. The summed E-state index contributed by atoms with van der Waals surface area (Å²) < 4.78 is 13.8. The van der Waals surface area contributed by atoms with E-state index in [1.54, 1.807) is 30.6 Å². The van der Waals surface area contributed by atoms with Crippen LogP contribution < -0.4 is 0 Å². The quantitative estimate of drug-likeness (QED) is 0.659. The van der Waals surface area contributed by atoms with Crippen molar-refractivity contribution in [3.8, 4) is 0 Å². The van der Waals surface area contributed by atoms with Crippen LogP contribution in [0.25, 0.3) is 10.8 Å². The number of carbonyl (C=O) groups is 1. The van der Waals surface area contributed by atoms with Crippen molar-refractivity contribution < 1.29 is 9.18 Å². The fraction of sp³-hybridized carbons (Fsp3) is 0. The number of benzene rings is 2. The van der Waals surface area contributed by atoms with Gasteiger partial charge in [-0.2, -0.15) is 0 Å². The summed E-state index contributed by atoms with van der Waals surface area (Å²) in [5.41, 5.74) is 0.410. The van der Waals surface area contributed by atoms with Gasteiger partial charge in [-0.1, -0.05) is 29.8 Å². The van der Waals surface area contributed by atoms with Crippen LogP contribution in [-0.2, 0) is 0 Å². The first-order valence-electron chi connectivity index (χ1n) is 5.99. The maximum atomic E-state index is 13.8. The Labute approximate surface area is 119 Å². The van der Waals surface area contributed by atoms with Crippen LogP contribution >= 0.6 is 11.6 Å². The fourth-order valence-corrected chi connectivity index (χ4v) is 2.31. The second kappa shape index (κ2) is 5.02. The Bertz CT molecular complexity index is 811. The van der Waals surface area contributed by atoms with Crippen LogP contribution in [0.4, 0.5) is 4.39 Å². The average Bonchev–Trinajstić information content (AvgIpc) is 2.48. The monoisotopic (exact) mass is 285 g/mol. The molecule has 4 heteroatoms. The lowest BCUT2D eigenvalue weighted by atomic mass is 9.98. The van der Waals surface area contributed by atoms with E-state index in [1.165, 1.54) is 18.2 Å². The second-order valence-corrected chi connectivity index (χ2v) is 4.79. The molecule has 2 nitrogen and oxygen atoms in total. The number of aromatic nitrogens is 1. The molecule has 0 aliphatic rings. The summed E-state index contributed by atoms with van der Waals surface area (Å²) in [6, 6.07) is 11.0. The largest absolute Gasteiger partial charge is 0.288 e. The maximum Gasteiger partial charge on any atom is 0.196 e. The minimum Gasteiger partial charge on any atom is -0.288 e. The number of nitrogens with zero attached hydrogens (tertiary/aromatic N) is 1. The van der Waals surface area contributed by atoms with Gasteiger partial charge in [0.1, 0.15) is 5.82 Å². The molecule has 0 amide bonds. The highest BCUT2D eigenvalue weighted by molar-refractivity contribution is 6.31. The van der Waals surface area contributed by atoms with Crippen molar-refractivity contribution in [2.24, 2.45) is 0 Å². The van der Waals surface area contributed by atoms with E-state index in [0.29, 0.717) is 10.6 Å². The zero-order valence-corrected chi connectivity index (χ0v) is 11.1. The van der Waals surface area contributed by atoms with E-state index in [2.05, 4.69) is 4.98 Å². The molecular formula is C16H9ClFNO. The number of fused-ring (bicyclic) bond motifs is 1. The Hall–Kier alpha value is -2.26. The van der Waals surface area contributed by atoms with Crippen molar-refractivity contribution in [1.29, 1.82) is 0 Å². The van der Waals surface area contributed by atoms with Crippen LogP contribution in [0.15, 0.2) is 54.9 Å². The van der Waals surface area contributed by atoms with E-state index < -0.39 is 5.82 Å². The summed E-state index contributed by atoms with van der Waals surface area (Å²) in [4.78, 5) is 16.5. The highest BCUT2D eigenvalue weighted by Gasteiger charge is 2.16. The lowest BCUT2D eigenvalue weighted by Gasteiger charge is -2.06. The van der Waals surface area contributed by atoms with Crippen LogP contribution in [0.3, 0.4) is 0 Å². The van der Waals surface area contributed by atoms with E-state index in [4.69, 9.17) is 11.6 Å². The normalized spacial score (nSPS) is 10.7. The molecule has 0 aliphatic carbocycles. The number of carbonyl (C=O) groups excluding carboxylic acids is 1. The van der Waals surface area contributed by atoms with Crippen molar-refractivity contribution in [3.05, 3.63) is 76.8 Å². The third-order valence-corrected chi connectivity index (χ3v) is 3.33. The smallest absolute Gasteiger partial charge is 0.196 e. The molecule has 3 rings (SSSR count). The summed E-state index contributed by atoms with van der Waals surface area (Å²) >= 11 is 5.84. The van der Waals surface area contributed by atoms with Crippen molar-refractivity contribution in [1.82, 2.24) is 4.98 Å². The predicted octanol–water partition coefficient (Wildman–Crippen LogP) is 4.26. The summed E-state index contributed by atoms with van der Waals surface area (Å²) in [7, 11) is 0. The van der Waals surface area contributed by atoms with Gasteiger partial charge in [-0.05, 0) is 29.7 Å². The van der Waals surface area contributed by atoms with Crippen LogP contribution in [-0.4, -0.2) is 10.8 Å². The fourth-order valence-electron chi connectivity index (χ4n) is 2.14. The summed E-state index contributed by atoms with van der Waals surface area (Å²) in [6.45, 7) is 0. The number of hydrogen-bond donors (Lipinski definition) is 0. The van der Waals surface area contributed by atoms with Crippen LogP contribution in [0.1, 0.15) is 15.9 Å². The molecule has 20 heavy (non-hydrogen) atoms. The molecule has 0 N–H and O–H groups in total. The molecule has 0 fully saturated rings. The Morgan fingerprint density at radius 3 is 2.80 bits per heavy atom. The first-order valence-corrected chi connectivity index (χ1v) is 6.37. The van der Waals surface area contributed by atoms with Crippen molar-refractivity contribution in [2.75, 3.05) is 0 Å². The number of hydrogen-bond acceptors (Lipinski definition) is 2. The van der Waals surface area contributed by atoms with E-state index in [9.17, 15) is 9.18 Å². The lowest BCUT2D eigenvalue weighted by Crippen LogP contribution is -2.05. The van der Waals surface area contributed by atoms with Crippen molar-refractivity contribution in [2.45, 2.75) is 0 Å². The Morgan fingerprint density at radius 2 is 1.95 bits per heavy atom. The summed E-state index contributed by atoms with van der Waals surface area (Å²) in [6.07, 6.45) is 3.27. The third kappa shape index (κ3) is 2.17. The van der Waals surface area contributed by atoms with Gasteiger partial charge in [0.05, 0.1) is 5.56 Å². The third-order valence-electron chi connectivity index (χ3n) is 3.10. The van der Waals surface area contributed by atoms with Gasteiger partial charge in [0.25, 0.3) is 0 Å². The standard InChI is InChI=1S/C16H9ClFNO/c17-11-4-5-15(18)14(8-11)16(20)13-3-1-2-10-9-19-7-6-12(10)13/h1-9H. The molecule has 0 aliphatic heterocycles. The Kier molecular flexibility index (Phi) is 3.20. The molecule has 0 atom stereocenters. The van der Waals surface area contributed by atoms with Gasteiger partial charge in [-0.15, -0.1) is 0 Å². The van der Waals surface area contributed by atoms with Crippen LogP contribution in [0.2, 0.25) is 5.02 Å². The molecule has 1 aromatic heterocycles. The molecule has 2 aromatic carbocycles. The molecule has 3 aromatic rings. The zero-order chi connectivity index (χ0) is 14.1. The number of halogens is 2. The lowest BCUT2D eigenvalue weighted by molar-refractivity contribution is 0.103. The molecule has 0 saturated heterocycles. The summed E-state index contributed by atoms with van der Waals surface area (Å²) in [5, 5.41) is 1.91. The van der Waals surface area contributed by atoms with Gasteiger partial charge in [0.2, 0.25) is 0 Å². The van der Waals surface area contributed by atoms with Gasteiger partial charge in [0.15, 0.2) is 5.78 Å². The first kappa shape index (κ1) is 12.8. The van der Waals surface area contributed by atoms with Gasteiger partial charge >= 0.3 is 0 Å². The minimum absolute atomic E-state index is 0.0261. The van der Waals surface area contributed by atoms with E-state index in [0.717, 1.165) is 10.8 Å². The summed E-state index contributed by atoms with van der Waals surface area (Å²) in [5.74, 6) is -0.966. The van der Waals surface area contributed by atoms with Gasteiger partial charge in [-0.25, -0.2) is 4.39 Å². The molecule has 0 radical (unpaired) electrons. The molecule has 0 saturated carbocycles. The van der Waals surface area contributed by atoms with Gasteiger partial charge in [-0.3, -0.25) is 9.78 Å². The SMILES string of the molecule is O=C(c1cc(Cl)ccc1F)c1cccc2cnccc12. The molecule has 0 unspecified atom stereocenters.